The topological polar surface area (TPSA) is 114 Å². The number of rotatable bonds is 5. The molecular weight excluding hydrogens is 405 g/mol. The van der Waals surface area contributed by atoms with Crippen LogP contribution in [0.4, 0.5) is 0 Å². The lowest BCUT2D eigenvalue weighted by atomic mass is 10.2. The summed E-state index contributed by atoms with van der Waals surface area (Å²) in [6, 6.07) is 5.70. The van der Waals surface area contributed by atoms with Gasteiger partial charge in [-0.05, 0) is 31.0 Å². The average Bonchev–Trinajstić information content (AvgIpc) is 3.24. The normalized spacial score (nSPS) is 10.3. The van der Waals surface area contributed by atoms with Gasteiger partial charge < -0.3 is 9.67 Å². The number of carbonyl (C=O) groups is 2. The van der Waals surface area contributed by atoms with E-state index in [2.05, 4.69) is 27.3 Å². The molecule has 0 amide bonds. The molecule has 0 saturated carbocycles. The van der Waals surface area contributed by atoms with E-state index >= 15 is 0 Å². The Kier molecular flexibility index (Phi) is 7.31. The van der Waals surface area contributed by atoms with Crippen LogP contribution in [0.5, 0.6) is 0 Å². The van der Waals surface area contributed by atoms with Crippen LogP contribution in [-0.2, 0) is 19.9 Å². The van der Waals surface area contributed by atoms with E-state index in [0.29, 0.717) is 21.6 Å². The summed E-state index contributed by atoms with van der Waals surface area (Å²) in [5.74, 6) is -0.965. The van der Waals surface area contributed by atoms with Crippen molar-refractivity contribution in [3.8, 4) is 0 Å². The van der Waals surface area contributed by atoms with Crippen molar-refractivity contribution in [3.05, 3.63) is 62.9 Å². The van der Waals surface area contributed by atoms with E-state index in [1.54, 1.807) is 14.0 Å². The highest BCUT2D eigenvalue weighted by Gasteiger charge is 2.19. The highest BCUT2D eigenvalue weighted by molar-refractivity contribution is 6.42. The zero-order valence-corrected chi connectivity index (χ0v) is 17.0. The summed E-state index contributed by atoms with van der Waals surface area (Å²) in [6.07, 6.45) is 2.20. The van der Waals surface area contributed by atoms with Crippen LogP contribution in [0, 0.1) is 6.92 Å². The molecule has 2 heterocycles. The number of carboxylic acids is 1. The van der Waals surface area contributed by atoms with Crippen LogP contribution >= 0.6 is 23.2 Å². The summed E-state index contributed by atoms with van der Waals surface area (Å²) >= 11 is 11.5. The highest BCUT2D eigenvalue weighted by atomic mass is 35.5. The van der Waals surface area contributed by atoms with Crippen molar-refractivity contribution in [3.63, 3.8) is 0 Å². The highest BCUT2D eigenvalue weighted by Crippen LogP contribution is 2.22. The molecule has 0 bridgehead atoms. The molecule has 8 nitrogen and oxygen atoms in total. The zero-order valence-electron chi connectivity index (χ0n) is 15.5. The van der Waals surface area contributed by atoms with Gasteiger partial charge in [0.2, 0.25) is 0 Å². The number of carboxylic acid groups (broad SMARTS) is 1. The Balaban J connectivity index is 0.000000237. The SMILES string of the molecule is CCc1ccc(Cl)c(Cl)c1.Cc1n[nH]nc1C(=O)Cc1ncc(C(=O)O)n1C. The van der Waals surface area contributed by atoms with Crippen molar-refractivity contribution in [1.29, 1.82) is 0 Å². The zero-order chi connectivity index (χ0) is 20.8. The number of aryl methyl sites for hydroxylation is 2. The third-order valence-electron chi connectivity index (χ3n) is 4.00. The van der Waals surface area contributed by atoms with Gasteiger partial charge in [0.25, 0.3) is 0 Å². The van der Waals surface area contributed by atoms with Crippen molar-refractivity contribution in [2.24, 2.45) is 7.05 Å². The average molecular weight is 424 g/mol. The van der Waals surface area contributed by atoms with Gasteiger partial charge in [0.1, 0.15) is 11.5 Å². The molecule has 148 valence electrons. The van der Waals surface area contributed by atoms with Gasteiger partial charge in [0.05, 0.1) is 28.4 Å². The second kappa shape index (κ2) is 9.48. The lowest BCUT2D eigenvalue weighted by Crippen LogP contribution is -2.12. The van der Waals surface area contributed by atoms with E-state index in [9.17, 15) is 9.59 Å². The predicted molar refractivity (Wildman–Crippen MR) is 105 cm³/mol. The van der Waals surface area contributed by atoms with Crippen molar-refractivity contribution in [1.82, 2.24) is 25.0 Å². The van der Waals surface area contributed by atoms with Gasteiger partial charge in [-0.3, -0.25) is 4.79 Å². The van der Waals surface area contributed by atoms with E-state index in [4.69, 9.17) is 28.3 Å². The first-order chi connectivity index (χ1) is 13.2. The van der Waals surface area contributed by atoms with Gasteiger partial charge in [0, 0.05) is 7.05 Å². The second-order valence-electron chi connectivity index (χ2n) is 5.88. The first kappa shape index (κ1) is 21.6. The number of nitrogens with one attached hydrogen (secondary N) is 1. The van der Waals surface area contributed by atoms with Gasteiger partial charge in [-0.1, -0.05) is 36.2 Å². The molecule has 28 heavy (non-hydrogen) atoms. The number of hydrogen-bond donors (Lipinski definition) is 2. The first-order valence-electron chi connectivity index (χ1n) is 8.32. The van der Waals surface area contributed by atoms with Crippen LogP contribution in [0.15, 0.2) is 24.4 Å². The minimum atomic E-state index is -1.08. The Bertz CT molecular complexity index is 997. The number of ketones is 1. The molecule has 0 saturated heterocycles. The molecule has 3 aromatic rings. The molecule has 0 spiro atoms. The lowest BCUT2D eigenvalue weighted by molar-refractivity contribution is 0.0685. The fourth-order valence-corrected chi connectivity index (χ4v) is 2.67. The van der Waals surface area contributed by atoms with Gasteiger partial charge in [-0.25, -0.2) is 9.78 Å². The van der Waals surface area contributed by atoms with Crippen molar-refractivity contribution in [2.45, 2.75) is 26.7 Å². The molecule has 2 N–H and O–H groups in total. The number of H-pyrrole nitrogens is 1. The van der Waals surface area contributed by atoms with Crippen LogP contribution in [-0.4, -0.2) is 41.8 Å². The Labute approximate surface area is 171 Å². The Morgan fingerprint density at radius 1 is 1.21 bits per heavy atom. The number of benzene rings is 1. The summed E-state index contributed by atoms with van der Waals surface area (Å²) in [5, 5.41) is 20.0. The van der Waals surface area contributed by atoms with Crippen molar-refractivity contribution < 1.29 is 14.7 Å². The third kappa shape index (κ3) is 5.17. The molecule has 3 rings (SSSR count). The Hall–Kier alpha value is -2.71. The largest absolute Gasteiger partial charge is 0.477 e. The maximum Gasteiger partial charge on any atom is 0.354 e. The van der Waals surface area contributed by atoms with Gasteiger partial charge >= 0.3 is 5.97 Å². The lowest BCUT2D eigenvalue weighted by Gasteiger charge is -2.01. The molecule has 10 heteroatoms. The summed E-state index contributed by atoms with van der Waals surface area (Å²) < 4.78 is 1.37. The van der Waals surface area contributed by atoms with Gasteiger partial charge in [0.15, 0.2) is 11.5 Å². The van der Waals surface area contributed by atoms with Crippen LogP contribution in [0.3, 0.4) is 0 Å². The fourth-order valence-electron chi connectivity index (χ4n) is 2.35. The van der Waals surface area contributed by atoms with Crippen LogP contribution < -0.4 is 0 Å². The number of Topliss-reactive ketones (excluding diaryl/α,β-unsaturated/α-hetero) is 1. The fraction of sp³-hybridized carbons (Fsp3) is 0.278. The minimum Gasteiger partial charge on any atom is -0.477 e. The predicted octanol–water partition coefficient (Wildman–Crippen LogP) is 3.53. The molecule has 0 aliphatic rings. The van der Waals surface area contributed by atoms with Gasteiger partial charge in [-0.15, -0.1) is 0 Å². The number of carbonyl (C=O) groups excluding carboxylic acids is 1. The number of hydrogen-bond acceptors (Lipinski definition) is 5. The van der Waals surface area contributed by atoms with E-state index in [-0.39, 0.29) is 23.6 Å². The number of nitrogens with zero attached hydrogens (tertiary/aromatic N) is 4. The molecule has 0 atom stereocenters. The molecule has 1 aromatic carbocycles. The van der Waals surface area contributed by atoms with E-state index in [1.807, 2.05) is 18.2 Å². The molecule has 0 aliphatic heterocycles. The molecule has 2 aromatic heterocycles. The van der Waals surface area contributed by atoms with E-state index in [0.717, 1.165) is 6.42 Å². The number of aromatic nitrogens is 5. The minimum absolute atomic E-state index is 0.0167. The molecular formula is C18H19Cl2N5O3. The second-order valence-corrected chi connectivity index (χ2v) is 6.70. The Morgan fingerprint density at radius 2 is 1.93 bits per heavy atom. The third-order valence-corrected chi connectivity index (χ3v) is 4.74. The van der Waals surface area contributed by atoms with E-state index < -0.39 is 5.97 Å². The molecule has 0 unspecified atom stereocenters. The summed E-state index contributed by atoms with van der Waals surface area (Å²) in [6.45, 7) is 3.75. The summed E-state index contributed by atoms with van der Waals surface area (Å²) in [7, 11) is 1.55. The van der Waals surface area contributed by atoms with Crippen LogP contribution in [0.1, 0.15) is 45.0 Å². The van der Waals surface area contributed by atoms with Crippen LogP contribution in [0.25, 0.3) is 0 Å². The number of aromatic carboxylic acids is 1. The monoisotopic (exact) mass is 423 g/mol. The molecule has 0 aliphatic carbocycles. The molecule has 0 radical (unpaired) electrons. The van der Waals surface area contributed by atoms with E-state index in [1.165, 1.54) is 16.3 Å². The van der Waals surface area contributed by atoms with Gasteiger partial charge in [-0.2, -0.15) is 15.4 Å². The summed E-state index contributed by atoms with van der Waals surface area (Å²) in [4.78, 5) is 26.7. The van der Waals surface area contributed by atoms with Crippen molar-refractivity contribution >= 4 is 35.0 Å². The Morgan fingerprint density at radius 3 is 2.43 bits per heavy atom. The standard InChI is InChI=1S/C10H11N5O3.C8H8Cl2/c1-5-9(13-14-12-5)7(16)3-8-11-4-6(10(17)18)15(8)2;1-2-6-3-4-7(9)8(10)5-6/h4H,3H2,1-2H3,(H,17,18)(H,12,13,14);3-5H,2H2,1H3. The van der Waals surface area contributed by atoms with Crippen molar-refractivity contribution in [2.75, 3.05) is 0 Å². The summed E-state index contributed by atoms with van der Waals surface area (Å²) in [5.41, 5.74) is 2.01. The molecule has 0 fully saturated rings. The smallest absolute Gasteiger partial charge is 0.354 e. The quantitative estimate of drug-likeness (QED) is 0.606. The number of halogens is 2. The number of imidazole rings is 1. The van der Waals surface area contributed by atoms with Crippen LogP contribution in [0.2, 0.25) is 10.0 Å². The maximum absolute atomic E-state index is 11.9. The number of aromatic amines is 1. The first-order valence-corrected chi connectivity index (χ1v) is 9.08. The maximum atomic E-state index is 11.9.